The maximum atomic E-state index is 12.8. The van der Waals surface area contributed by atoms with Gasteiger partial charge >= 0.3 is 0 Å². The van der Waals surface area contributed by atoms with E-state index in [1.54, 1.807) is 0 Å². The molecule has 1 aliphatic heterocycles. The Hall–Kier alpha value is -2.66. The molecule has 0 atom stereocenters. The molecule has 1 amide bonds. The van der Waals surface area contributed by atoms with Gasteiger partial charge in [0.25, 0.3) is 0 Å². The maximum absolute atomic E-state index is 12.8. The molecule has 2 heterocycles. The minimum absolute atomic E-state index is 0.238. The van der Waals surface area contributed by atoms with E-state index >= 15 is 0 Å². The first-order valence-corrected chi connectivity index (χ1v) is 11.5. The molecule has 5 nitrogen and oxygen atoms in total. The Kier molecular flexibility index (Phi) is 5.53. The number of hydrogen-bond acceptors (Lipinski definition) is 4. The van der Waals surface area contributed by atoms with Crippen LogP contribution in [0.25, 0.3) is 22.3 Å². The van der Waals surface area contributed by atoms with E-state index in [-0.39, 0.29) is 5.92 Å². The Balaban J connectivity index is 1.45. The SMILES string of the molecule is Cc1ccc(-c2nc(N3CCN(C(=O)C4CCCC4)CC3)c3ccc(Cl)cc3n2)cc1. The van der Waals surface area contributed by atoms with Gasteiger partial charge in [-0.2, -0.15) is 0 Å². The van der Waals surface area contributed by atoms with Gasteiger partial charge in [-0.05, 0) is 38.0 Å². The number of amides is 1. The highest BCUT2D eigenvalue weighted by atomic mass is 35.5. The minimum Gasteiger partial charge on any atom is -0.352 e. The maximum Gasteiger partial charge on any atom is 0.225 e. The van der Waals surface area contributed by atoms with Gasteiger partial charge in [0.15, 0.2) is 5.82 Å². The zero-order valence-corrected chi connectivity index (χ0v) is 18.6. The highest BCUT2D eigenvalue weighted by Gasteiger charge is 2.30. The molecule has 1 saturated carbocycles. The number of aromatic nitrogens is 2. The highest BCUT2D eigenvalue weighted by Crippen LogP contribution is 2.31. The molecule has 0 spiro atoms. The van der Waals surface area contributed by atoms with Gasteiger partial charge in [-0.15, -0.1) is 0 Å². The standard InChI is InChI=1S/C25H27ClN4O/c1-17-6-8-18(9-7-17)23-27-22-16-20(26)10-11-21(22)24(28-23)29-12-14-30(15-13-29)25(31)19-4-2-3-5-19/h6-11,16,19H,2-5,12-15H2,1H3. The van der Waals surface area contributed by atoms with Gasteiger partial charge in [0.1, 0.15) is 5.82 Å². The molecule has 1 saturated heterocycles. The van der Waals surface area contributed by atoms with Crippen LogP contribution >= 0.6 is 11.6 Å². The summed E-state index contributed by atoms with van der Waals surface area (Å²) in [7, 11) is 0. The highest BCUT2D eigenvalue weighted by molar-refractivity contribution is 6.31. The lowest BCUT2D eigenvalue weighted by Crippen LogP contribution is -2.50. The van der Waals surface area contributed by atoms with Gasteiger partial charge in [0.05, 0.1) is 5.52 Å². The topological polar surface area (TPSA) is 49.3 Å². The van der Waals surface area contributed by atoms with Crippen molar-refractivity contribution in [1.29, 1.82) is 0 Å². The molecule has 0 N–H and O–H groups in total. The van der Waals surface area contributed by atoms with E-state index in [0.29, 0.717) is 16.8 Å². The van der Waals surface area contributed by atoms with E-state index in [9.17, 15) is 4.79 Å². The third kappa shape index (κ3) is 4.11. The fourth-order valence-electron chi connectivity index (χ4n) is 4.73. The lowest BCUT2D eigenvalue weighted by molar-refractivity contribution is -0.135. The molecule has 3 aromatic rings. The largest absolute Gasteiger partial charge is 0.352 e. The van der Waals surface area contributed by atoms with Crippen LogP contribution in [0.2, 0.25) is 5.02 Å². The van der Waals surface area contributed by atoms with Crippen molar-refractivity contribution in [3.8, 4) is 11.4 Å². The van der Waals surface area contributed by atoms with Crippen molar-refractivity contribution in [2.45, 2.75) is 32.6 Å². The number of halogens is 1. The van der Waals surface area contributed by atoms with Gasteiger partial charge in [-0.1, -0.05) is 54.3 Å². The molecule has 2 aliphatic rings. The molecule has 0 bridgehead atoms. The predicted molar refractivity (Wildman–Crippen MR) is 125 cm³/mol. The number of piperazine rings is 1. The smallest absolute Gasteiger partial charge is 0.225 e. The summed E-state index contributed by atoms with van der Waals surface area (Å²) in [6, 6.07) is 14.1. The van der Waals surface area contributed by atoms with Crippen molar-refractivity contribution in [3.05, 3.63) is 53.1 Å². The second-order valence-corrected chi connectivity index (χ2v) is 9.13. The van der Waals surface area contributed by atoms with Crippen LogP contribution in [0.4, 0.5) is 5.82 Å². The fourth-order valence-corrected chi connectivity index (χ4v) is 4.89. The number of rotatable bonds is 3. The third-order valence-corrected chi connectivity index (χ3v) is 6.78. The number of hydrogen-bond donors (Lipinski definition) is 0. The van der Waals surface area contributed by atoms with Crippen molar-refractivity contribution in [1.82, 2.24) is 14.9 Å². The molecule has 6 heteroatoms. The first-order chi connectivity index (χ1) is 15.1. The molecule has 1 aliphatic carbocycles. The van der Waals surface area contributed by atoms with Crippen molar-refractivity contribution in [2.75, 3.05) is 31.1 Å². The average molecular weight is 435 g/mol. The second-order valence-electron chi connectivity index (χ2n) is 8.69. The molecule has 31 heavy (non-hydrogen) atoms. The van der Waals surface area contributed by atoms with Crippen LogP contribution in [0, 0.1) is 12.8 Å². The number of benzene rings is 2. The van der Waals surface area contributed by atoms with Crippen molar-refractivity contribution >= 4 is 34.2 Å². The number of carbonyl (C=O) groups is 1. The normalized spacial score (nSPS) is 17.5. The summed E-state index contributed by atoms with van der Waals surface area (Å²) in [4.78, 5) is 26.9. The zero-order chi connectivity index (χ0) is 21.4. The number of aryl methyl sites for hydroxylation is 1. The monoisotopic (exact) mass is 434 g/mol. The van der Waals surface area contributed by atoms with Crippen molar-refractivity contribution < 1.29 is 4.79 Å². The van der Waals surface area contributed by atoms with E-state index < -0.39 is 0 Å². The van der Waals surface area contributed by atoms with E-state index in [1.807, 2.05) is 23.1 Å². The molecule has 2 fully saturated rings. The summed E-state index contributed by atoms with van der Waals surface area (Å²) < 4.78 is 0. The summed E-state index contributed by atoms with van der Waals surface area (Å²) in [5.74, 6) is 2.21. The number of carbonyl (C=O) groups excluding carboxylic acids is 1. The van der Waals surface area contributed by atoms with Crippen LogP contribution in [0.1, 0.15) is 31.2 Å². The first-order valence-electron chi connectivity index (χ1n) is 11.2. The number of nitrogens with zero attached hydrogens (tertiary/aromatic N) is 4. The lowest BCUT2D eigenvalue weighted by atomic mass is 10.1. The Morgan fingerprint density at radius 3 is 2.39 bits per heavy atom. The quantitative estimate of drug-likeness (QED) is 0.575. The van der Waals surface area contributed by atoms with Crippen LogP contribution in [-0.2, 0) is 4.79 Å². The predicted octanol–water partition coefficient (Wildman–Crippen LogP) is 5.10. The van der Waals surface area contributed by atoms with E-state index in [0.717, 1.165) is 61.3 Å². The van der Waals surface area contributed by atoms with Crippen LogP contribution in [0.3, 0.4) is 0 Å². The zero-order valence-electron chi connectivity index (χ0n) is 17.9. The number of fused-ring (bicyclic) bond motifs is 1. The van der Waals surface area contributed by atoms with Crippen LogP contribution < -0.4 is 4.90 Å². The second kappa shape index (κ2) is 8.46. The first kappa shape index (κ1) is 20.3. The van der Waals surface area contributed by atoms with E-state index in [1.165, 1.54) is 18.4 Å². The van der Waals surface area contributed by atoms with Gasteiger partial charge in [-0.3, -0.25) is 4.79 Å². The molecule has 0 unspecified atom stereocenters. The van der Waals surface area contributed by atoms with Gasteiger partial charge in [-0.25, -0.2) is 9.97 Å². The number of anilines is 1. The summed E-state index contributed by atoms with van der Waals surface area (Å²) >= 11 is 6.27. The Morgan fingerprint density at radius 2 is 1.68 bits per heavy atom. The average Bonchev–Trinajstić information content (AvgIpc) is 3.33. The van der Waals surface area contributed by atoms with Crippen molar-refractivity contribution in [2.24, 2.45) is 5.92 Å². The van der Waals surface area contributed by atoms with Gasteiger partial charge < -0.3 is 9.80 Å². The Morgan fingerprint density at radius 1 is 0.968 bits per heavy atom. The molecule has 2 aromatic carbocycles. The van der Waals surface area contributed by atoms with Gasteiger partial charge in [0, 0.05) is 48.1 Å². The molecular weight excluding hydrogens is 408 g/mol. The fraction of sp³-hybridized carbons (Fsp3) is 0.400. The summed E-state index contributed by atoms with van der Waals surface area (Å²) in [5.41, 5.74) is 3.04. The Bertz CT molecular complexity index is 1100. The van der Waals surface area contributed by atoms with Gasteiger partial charge in [0.2, 0.25) is 5.91 Å². The summed E-state index contributed by atoms with van der Waals surface area (Å²) in [6.45, 7) is 5.12. The summed E-state index contributed by atoms with van der Waals surface area (Å²) in [6.07, 6.45) is 4.48. The van der Waals surface area contributed by atoms with Crippen LogP contribution in [-0.4, -0.2) is 47.0 Å². The molecule has 5 rings (SSSR count). The third-order valence-electron chi connectivity index (χ3n) is 6.54. The minimum atomic E-state index is 0.238. The molecule has 160 valence electrons. The van der Waals surface area contributed by atoms with E-state index in [2.05, 4.69) is 36.1 Å². The summed E-state index contributed by atoms with van der Waals surface area (Å²) in [5, 5.41) is 1.66. The molecule has 1 aromatic heterocycles. The molecular formula is C25H27ClN4O. The van der Waals surface area contributed by atoms with Crippen LogP contribution in [0.15, 0.2) is 42.5 Å². The van der Waals surface area contributed by atoms with Crippen LogP contribution in [0.5, 0.6) is 0 Å². The van der Waals surface area contributed by atoms with E-state index in [4.69, 9.17) is 21.6 Å². The Labute approximate surface area is 188 Å². The lowest BCUT2D eigenvalue weighted by Gasteiger charge is -2.37. The molecule has 0 radical (unpaired) electrons. The van der Waals surface area contributed by atoms with Crippen molar-refractivity contribution in [3.63, 3.8) is 0 Å².